The molecule has 0 saturated carbocycles. The normalized spacial score (nSPS) is 11.8. The van der Waals surface area contributed by atoms with Crippen LogP contribution in [-0.2, 0) is 16.6 Å². The summed E-state index contributed by atoms with van der Waals surface area (Å²) in [6, 6.07) is 7.54. The summed E-state index contributed by atoms with van der Waals surface area (Å²) in [5.74, 6) is -0.626. The molecule has 2 N–H and O–H groups in total. The Hall–Kier alpha value is -1.99. The quantitative estimate of drug-likeness (QED) is 0.876. The first kappa shape index (κ1) is 15.4. The number of aromatic nitrogens is 1. The number of hydrogen-bond donors (Lipinski definition) is 1. The van der Waals surface area contributed by atoms with Crippen molar-refractivity contribution in [1.29, 1.82) is 0 Å². The molecule has 0 unspecified atom stereocenters. The van der Waals surface area contributed by atoms with Crippen LogP contribution in [0, 0.1) is 12.7 Å². The third-order valence-corrected chi connectivity index (χ3v) is 5.04. The smallest absolute Gasteiger partial charge is 0.243 e. The van der Waals surface area contributed by atoms with E-state index in [9.17, 15) is 12.8 Å². The zero-order valence-corrected chi connectivity index (χ0v) is 12.6. The molecule has 0 aliphatic carbocycles. The van der Waals surface area contributed by atoms with Crippen molar-refractivity contribution in [3.63, 3.8) is 0 Å². The van der Waals surface area contributed by atoms with Gasteiger partial charge in [0.25, 0.3) is 0 Å². The van der Waals surface area contributed by atoms with Gasteiger partial charge in [-0.05, 0) is 36.8 Å². The maximum absolute atomic E-state index is 13.4. The van der Waals surface area contributed by atoms with E-state index in [1.165, 1.54) is 14.0 Å². The number of halogens is 1. The number of aryl methyl sites for hydroxylation is 1. The first-order valence-corrected chi connectivity index (χ1v) is 7.68. The second kappa shape index (κ2) is 5.79. The van der Waals surface area contributed by atoms with E-state index in [2.05, 4.69) is 4.98 Å². The molecule has 0 fully saturated rings. The Morgan fingerprint density at radius 3 is 2.67 bits per heavy atom. The van der Waals surface area contributed by atoms with Crippen LogP contribution < -0.4 is 5.73 Å². The van der Waals surface area contributed by atoms with Crippen LogP contribution in [0.4, 0.5) is 10.1 Å². The van der Waals surface area contributed by atoms with E-state index in [4.69, 9.17) is 5.73 Å². The Morgan fingerprint density at radius 2 is 2.05 bits per heavy atom. The summed E-state index contributed by atoms with van der Waals surface area (Å²) in [5.41, 5.74) is 6.22. The SMILES string of the molecule is Cc1cc(F)c(N)cc1S(=O)(=O)N(C)Cc1ccccn1. The van der Waals surface area contributed by atoms with Crippen molar-refractivity contribution in [2.24, 2.45) is 0 Å². The van der Waals surface area contributed by atoms with Crippen LogP contribution >= 0.6 is 0 Å². The minimum absolute atomic E-state index is 0.000156. The van der Waals surface area contributed by atoms with Gasteiger partial charge in [0.1, 0.15) is 5.82 Å². The largest absolute Gasteiger partial charge is 0.396 e. The second-order valence-corrected chi connectivity index (χ2v) is 6.73. The van der Waals surface area contributed by atoms with Gasteiger partial charge in [0, 0.05) is 13.2 Å². The van der Waals surface area contributed by atoms with Gasteiger partial charge in [-0.25, -0.2) is 12.8 Å². The molecule has 1 aromatic heterocycles. The monoisotopic (exact) mass is 309 g/mol. The van der Waals surface area contributed by atoms with Gasteiger partial charge >= 0.3 is 0 Å². The standard InChI is InChI=1S/C14H16FN3O2S/c1-10-7-12(15)13(16)8-14(10)21(19,20)18(2)9-11-5-3-4-6-17-11/h3-8H,9,16H2,1-2H3. The number of anilines is 1. The van der Waals surface area contributed by atoms with E-state index in [1.807, 2.05) is 0 Å². The number of nitrogens with two attached hydrogens (primary N) is 1. The Balaban J connectivity index is 2.36. The van der Waals surface area contributed by atoms with Gasteiger partial charge in [-0.1, -0.05) is 6.07 Å². The highest BCUT2D eigenvalue weighted by Gasteiger charge is 2.24. The molecule has 0 saturated heterocycles. The molecule has 1 heterocycles. The highest BCUT2D eigenvalue weighted by atomic mass is 32.2. The summed E-state index contributed by atoms with van der Waals surface area (Å²) < 4.78 is 39.6. The van der Waals surface area contributed by atoms with E-state index < -0.39 is 15.8 Å². The van der Waals surface area contributed by atoms with Crippen LogP contribution in [0.15, 0.2) is 41.4 Å². The molecular formula is C14H16FN3O2S. The molecule has 0 atom stereocenters. The average Bonchev–Trinajstić information content (AvgIpc) is 2.43. The molecule has 0 bridgehead atoms. The van der Waals surface area contributed by atoms with Crippen molar-refractivity contribution in [3.8, 4) is 0 Å². The molecule has 0 radical (unpaired) electrons. The van der Waals surface area contributed by atoms with Crippen LogP contribution in [0.2, 0.25) is 0 Å². The van der Waals surface area contributed by atoms with E-state index in [0.717, 1.165) is 16.4 Å². The molecule has 2 aromatic rings. The highest BCUT2D eigenvalue weighted by Crippen LogP contribution is 2.24. The van der Waals surface area contributed by atoms with Crippen LogP contribution in [0.3, 0.4) is 0 Å². The topological polar surface area (TPSA) is 76.3 Å². The first-order valence-electron chi connectivity index (χ1n) is 6.24. The molecule has 5 nitrogen and oxygen atoms in total. The zero-order valence-electron chi connectivity index (χ0n) is 11.7. The number of nitrogens with zero attached hydrogens (tertiary/aromatic N) is 2. The Kier molecular flexibility index (Phi) is 4.24. The Labute approximate surface area is 123 Å². The summed E-state index contributed by atoms with van der Waals surface area (Å²) in [6.45, 7) is 1.66. The van der Waals surface area contributed by atoms with E-state index in [0.29, 0.717) is 11.3 Å². The van der Waals surface area contributed by atoms with Gasteiger partial charge in [0.2, 0.25) is 10.0 Å². The predicted molar refractivity (Wildman–Crippen MR) is 78.4 cm³/mol. The van der Waals surface area contributed by atoms with Gasteiger partial charge in [0.15, 0.2) is 0 Å². The lowest BCUT2D eigenvalue weighted by atomic mass is 10.2. The number of nitrogen functional groups attached to an aromatic ring is 1. The zero-order chi connectivity index (χ0) is 15.6. The summed E-state index contributed by atoms with van der Waals surface area (Å²) >= 11 is 0. The molecule has 2 rings (SSSR count). The fraction of sp³-hybridized carbons (Fsp3) is 0.214. The van der Waals surface area contributed by atoms with Gasteiger partial charge < -0.3 is 5.73 Å². The predicted octanol–water partition coefficient (Wildman–Crippen LogP) is 1.93. The van der Waals surface area contributed by atoms with Crippen LogP contribution in [0.25, 0.3) is 0 Å². The first-order chi connectivity index (χ1) is 9.82. The number of hydrogen-bond acceptors (Lipinski definition) is 4. The maximum Gasteiger partial charge on any atom is 0.243 e. The summed E-state index contributed by atoms with van der Waals surface area (Å²) in [7, 11) is -2.31. The van der Waals surface area contributed by atoms with Crippen molar-refractivity contribution in [2.45, 2.75) is 18.4 Å². The fourth-order valence-corrected chi connectivity index (χ4v) is 3.30. The van der Waals surface area contributed by atoms with Gasteiger partial charge in [-0.15, -0.1) is 0 Å². The Morgan fingerprint density at radius 1 is 1.33 bits per heavy atom. The van der Waals surface area contributed by atoms with Crippen LogP contribution in [0.5, 0.6) is 0 Å². The molecule has 112 valence electrons. The van der Waals surface area contributed by atoms with Gasteiger partial charge in [0.05, 0.1) is 22.8 Å². The van der Waals surface area contributed by atoms with E-state index in [1.54, 1.807) is 24.4 Å². The second-order valence-electron chi connectivity index (χ2n) is 4.72. The molecule has 0 spiro atoms. The van der Waals surface area contributed by atoms with Crippen molar-refractivity contribution in [3.05, 3.63) is 53.6 Å². The number of benzene rings is 1. The van der Waals surface area contributed by atoms with E-state index >= 15 is 0 Å². The lowest BCUT2D eigenvalue weighted by Crippen LogP contribution is -2.27. The molecule has 0 aliphatic heterocycles. The van der Waals surface area contributed by atoms with E-state index in [-0.39, 0.29) is 17.1 Å². The van der Waals surface area contributed by atoms with Crippen molar-refractivity contribution < 1.29 is 12.8 Å². The van der Waals surface area contributed by atoms with Crippen LogP contribution in [-0.4, -0.2) is 24.8 Å². The third-order valence-electron chi connectivity index (χ3n) is 3.09. The molecule has 7 heteroatoms. The molecule has 1 aromatic carbocycles. The molecule has 0 amide bonds. The van der Waals surface area contributed by atoms with Gasteiger partial charge in [-0.3, -0.25) is 4.98 Å². The van der Waals surface area contributed by atoms with Gasteiger partial charge in [-0.2, -0.15) is 4.31 Å². The summed E-state index contributed by atoms with van der Waals surface area (Å²) in [6.07, 6.45) is 1.59. The third kappa shape index (κ3) is 3.20. The average molecular weight is 309 g/mol. The summed E-state index contributed by atoms with van der Waals surface area (Å²) in [5, 5.41) is 0. The lowest BCUT2D eigenvalue weighted by molar-refractivity contribution is 0.461. The molecular weight excluding hydrogens is 293 g/mol. The fourth-order valence-electron chi connectivity index (χ4n) is 1.92. The minimum atomic E-state index is -3.76. The molecule has 0 aliphatic rings. The maximum atomic E-state index is 13.4. The highest BCUT2D eigenvalue weighted by molar-refractivity contribution is 7.89. The Bertz CT molecular complexity index is 748. The van der Waals surface area contributed by atoms with Crippen molar-refractivity contribution >= 4 is 15.7 Å². The number of rotatable bonds is 4. The number of pyridine rings is 1. The van der Waals surface area contributed by atoms with Crippen molar-refractivity contribution in [1.82, 2.24) is 9.29 Å². The van der Waals surface area contributed by atoms with Crippen LogP contribution in [0.1, 0.15) is 11.3 Å². The number of sulfonamides is 1. The minimum Gasteiger partial charge on any atom is -0.396 e. The lowest BCUT2D eigenvalue weighted by Gasteiger charge is -2.18. The summed E-state index contributed by atoms with van der Waals surface area (Å²) in [4.78, 5) is 4.09. The molecule has 21 heavy (non-hydrogen) atoms. The van der Waals surface area contributed by atoms with Crippen molar-refractivity contribution in [2.75, 3.05) is 12.8 Å².